The third-order valence-electron chi connectivity index (χ3n) is 3.69. The number of unbranched alkanes of at least 4 members (excludes halogenated alkanes) is 1. The fourth-order valence-electron chi connectivity index (χ4n) is 2.35. The van der Waals surface area contributed by atoms with Gasteiger partial charge >= 0.3 is 0 Å². The molecular formula is C17H32O2S. The van der Waals surface area contributed by atoms with Gasteiger partial charge in [0.05, 0.1) is 0 Å². The predicted molar refractivity (Wildman–Crippen MR) is 89.4 cm³/mol. The molecule has 0 aliphatic rings. The van der Waals surface area contributed by atoms with Crippen LogP contribution in [0.5, 0.6) is 0 Å². The van der Waals surface area contributed by atoms with Crippen molar-refractivity contribution in [2.45, 2.75) is 79.1 Å². The van der Waals surface area contributed by atoms with E-state index in [1.165, 1.54) is 0 Å². The Morgan fingerprint density at radius 1 is 0.950 bits per heavy atom. The van der Waals surface area contributed by atoms with Crippen LogP contribution >= 0.6 is 11.8 Å². The Balaban J connectivity index is 3.65. The van der Waals surface area contributed by atoms with Crippen LogP contribution in [-0.2, 0) is 9.59 Å². The fourth-order valence-corrected chi connectivity index (χ4v) is 2.99. The van der Waals surface area contributed by atoms with E-state index in [2.05, 4.69) is 13.8 Å². The minimum absolute atomic E-state index is 0.184. The number of thioether (sulfide) groups is 1. The molecule has 0 atom stereocenters. The average molecular weight is 301 g/mol. The molecule has 2 nitrogen and oxygen atoms in total. The first kappa shape index (κ1) is 19.7. The molecule has 0 saturated carbocycles. The number of hydrogen-bond acceptors (Lipinski definition) is 3. The number of carbonyl (C=O) groups excluding carboxylic acids is 2. The van der Waals surface area contributed by atoms with Crippen molar-refractivity contribution >= 4 is 23.3 Å². The van der Waals surface area contributed by atoms with E-state index in [-0.39, 0.29) is 5.41 Å². The lowest BCUT2D eigenvalue weighted by Crippen LogP contribution is -2.23. The summed E-state index contributed by atoms with van der Waals surface area (Å²) in [7, 11) is 0. The van der Waals surface area contributed by atoms with Crippen molar-refractivity contribution in [1.29, 1.82) is 0 Å². The zero-order valence-electron chi connectivity index (χ0n) is 13.8. The number of hydrogen-bond donors (Lipinski definition) is 0. The number of rotatable bonds is 13. The Labute approximate surface area is 129 Å². The van der Waals surface area contributed by atoms with Gasteiger partial charge < -0.3 is 0 Å². The molecule has 20 heavy (non-hydrogen) atoms. The van der Waals surface area contributed by atoms with Crippen LogP contribution in [0.3, 0.4) is 0 Å². The zero-order valence-corrected chi connectivity index (χ0v) is 14.6. The summed E-state index contributed by atoms with van der Waals surface area (Å²) in [4.78, 5) is 23.7. The average Bonchev–Trinajstić information content (AvgIpc) is 2.39. The van der Waals surface area contributed by atoms with Crippen LogP contribution in [0.2, 0.25) is 0 Å². The Morgan fingerprint density at radius 2 is 1.55 bits per heavy atom. The number of carbonyl (C=O) groups is 2. The van der Waals surface area contributed by atoms with Gasteiger partial charge in [-0.05, 0) is 37.2 Å². The zero-order chi connectivity index (χ0) is 15.4. The summed E-state index contributed by atoms with van der Waals surface area (Å²) in [5.74, 6) is 2.93. The topological polar surface area (TPSA) is 34.1 Å². The van der Waals surface area contributed by atoms with E-state index in [9.17, 15) is 9.59 Å². The van der Waals surface area contributed by atoms with Crippen LogP contribution < -0.4 is 0 Å². The molecule has 0 aliphatic heterocycles. The third-order valence-corrected chi connectivity index (χ3v) is 4.67. The van der Waals surface area contributed by atoms with Crippen LogP contribution in [0.4, 0.5) is 0 Å². The summed E-state index contributed by atoms with van der Waals surface area (Å²) in [6, 6.07) is 0. The van der Waals surface area contributed by atoms with Crippen LogP contribution in [0.15, 0.2) is 0 Å². The normalized spacial score (nSPS) is 11.6. The molecule has 0 bridgehead atoms. The molecular weight excluding hydrogens is 268 g/mol. The van der Waals surface area contributed by atoms with Crippen LogP contribution in [0.25, 0.3) is 0 Å². The lowest BCUT2D eigenvalue weighted by molar-refractivity contribution is -0.127. The predicted octanol–water partition coefficient (Wildman–Crippen LogP) is 5.04. The Kier molecular flexibility index (Phi) is 11.2. The molecule has 0 amide bonds. The van der Waals surface area contributed by atoms with Gasteiger partial charge in [-0.2, -0.15) is 11.8 Å². The Hall–Kier alpha value is -0.310. The summed E-state index contributed by atoms with van der Waals surface area (Å²) in [5, 5.41) is 0. The summed E-state index contributed by atoms with van der Waals surface area (Å²) in [5.41, 5.74) is -0.184. The summed E-state index contributed by atoms with van der Waals surface area (Å²) >= 11 is 1.89. The Bertz CT molecular complexity index is 285. The maximum Gasteiger partial charge on any atom is 0.138 e. The van der Waals surface area contributed by atoms with Gasteiger partial charge in [0.1, 0.15) is 11.6 Å². The van der Waals surface area contributed by atoms with E-state index in [0.717, 1.165) is 43.6 Å². The van der Waals surface area contributed by atoms with E-state index in [0.29, 0.717) is 30.8 Å². The largest absolute Gasteiger partial charge is 0.300 e. The molecule has 0 aliphatic carbocycles. The van der Waals surface area contributed by atoms with Gasteiger partial charge in [-0.15, -0.1) is 0 Å². The highest BCUT2D eigenvalue weighted by Gasteiger charge is 2.25. The molecule has 0 aromatic rings. The third kappa shape index (κ3) is 9.57. The molecule has 0 N–H and O–H groups in total. The first-order chi connectivity index (χ1) is 9.44. The molecule has 0 unspecified atom stereocenters. The second-order valence-electron chi connectivity index (χ2n) is 6.10. The smallest absolute Gasteiger partial charge is 0.138 e. The maximum absolute atomic E-state index is 12.1. The monoisotopic (exact) mass is 300 g/mol. The van der Waals surface area contributed by atoms with Crippen LogP contribution in [0, 0.1) is 5.41 Å². The minimum atomic E-state index is -0.184. The van der Waals surface area contributed by atoms with Crippen molar-refractivity contribution in [1.82, 2.24) is 0 Å². The highest BCUT2D eigenvalue weighted by molar-refractivity contribution is 7.99. The maximum atomic E-state index is 12.1. The number of ketones is 2. The summed E-state index contributed by atoms with van der Waals surface area (Å²) in [6.07, 6.45) is 6.73. The SMILES string of the molecule is CCCC(C)(C)C(=O)CCCCC(=O)CCCSCC. The second-order valence-corrected chi connectivity index (χ2v) is 7.50. The minimum Gasteiger partial charge on any atom is -0.300 e. The molecule has 0 spiro atoms. The molecule has 0 fully saturated rings. The van der Waals surface area contributed by atoms with Crippen LogP contribution in [-0.4, -0.2) is 23.1 Å². The quantitative estimate of drug-likeness (QED) is 0.447. The first-order valence-electron chi connectivity index (χ1n) is 8.06. The summed E-state index contributed by atoms with van der Waals surface area (Å²) < 4.78 is 0. The molecule has 0 heterocycles. The van der Waals surface area contributed by atoms with Gasteiger partial charge in [0.15, 0.2) is 0 Å². The van der Waals surface area contributed by atoms with E-state index in [4.69, 9.17) is 0 Å². The molecule has 0 aromatic heterocycles. The molecule has 0 saturated heterocycles. The lowest BCUT2D eigenvalue weighted by atomic mass is 9.81. The number of Topliss-reactive ketones (excluding diaryl/α,β-unsaturated/α-hetero) is 2. The highest BCUT2D eigenvalue weighted by Crippen LogP contribution is 2.26. The van der Waals surface area contributed by atoms with Crippen molar-refractivity contribution < 1.29 is 9.59 Å². The highest BCUT2D eigenvalue weighted by atomic mass is 32.2. The Morgan fingerprint density at radius 3 is 2.15 bits per heavy atom. The van der Waals surface area contributed by atoms with Gasteiger partial charge in [-0.1, -0.05) is 34.1 Å². The molecule has 0 rings (SSSR count). The summed E-state index contributed by atoms with van der Waals surface area (Å²) in [6.45, 7) is 8.33. The fraction of sp³-hybridized carbons (Fsp3) is 0.882. The van der Waals surface area contributed by atoms with Crippen molar-refractivity contribution in [2.24, 2.45) is 5.41 Å². The molecule has 3 heteroatoms. The van der Waals surface area contributed by atoms with E-state index in [1.807, 2.05) is 25.6 Å². The molecule has 0 radical (unpaired) electrons. The molecule has 0 aromatic carbocycles. The van der Waals surface area contributed by atoms with Crippen molar-refractivity contribution in [3.8, 4) is 0 Å². The van der Waals surface area contributed by atoms with Gasteiger partial charge in [0.25, 0.3) is 0 Å². The van der Waals surface area contributed by atoms with Crippen molar-refractivity contribution in [3.63, 3.8) is 0 Å². The van der Waals surface area contributed by atoms with Gasteiger partial charge in [-0.25, -0.2) is 0 Å². The lowest BCUT2D eigenvalue weighted by Gasteiger charge is -2.22. The van der Waals surface area contributed by atoms with Gasteiger partial charge in [-0.3, -0.25) is 9.59 Å². The van der Waals surface area contributed by atoms with Crippen molar-refractivity contribution in [3.05, 3.63) is 0 Å². The standard InChI is InChI=1S/C17H32O2S/c1-5-13-17(3,4)16(19)12-8-7-10-15(18)11-9-14-20-6-2/h5-14H2,1-4H3. The van der Waals surface area contributed by atoms with E-state index >= 15 is 0 Å². The van der Waals surface area contributed by atoms with Gasteiger partial charge in [0.2, 0.25) is 0 Å². The second kappa shape index (κ2) is 11.4. The first-order valence-corrected chi connectivity index (χ1v) is 9.22. The van der Waals surface area contributed by atoms with Crippen LogP contribution in [0.1, 0.15) is 79.1 Å². The molecule has 118 valence electrons. The van der Waals surface area contributed by atoms with Gasteiger partial charge in [0, 0.05) is 24.7 Å². The van der Waals surface area contributed by atoms with Crippen molar-refractivity contribution in [2.75, 3.05) is 11.5 Å². The van der Waals surface area contributed by atoms with E-state index < -0.39 is 0 Å². The van der Waals surface area contributed by atoms with E-state index in [1.54, 1.807) is 0 Å².